The van der Waals surface area contributed by atoms with Crippen LogP contribution in [0.5, 0.6) is 0 Å². The Morgan fingerprint density at radius 2 is 2.00 bits per heavy atom. The third-order valence-electron chi connectivity index (χ3n) is 3.08. The Kier molecular flexibility index (Phi) is 5.05. The number of rotatable bonds is 4. The lowest BCUT2D eigenvalue weighted by Crippen LogP contribution is -2.10. The van der Waals surface area contributed by atoms with Crippen LogP contribution in [0.3, 0.4) is 0 Å². The number of anilines is 1. The van der Waals surface area contributed by atoms with Crippen LogP contribution in [0.15, 0.2) is 46.9 Å². The molecule has 0 spiro atoms. The van der Waals surface area contributed by atoms with Gasteiger partial charge in [-0.1, -0.05) is 41.9 Å². The molecule has 1 N–H and O–H groups in total. The SMILES string of the molecule is Cc1cc(Br)c(NC(CC#N)c2ccccc2)cc1Cl. The molecule has 0 aliphatic carbocycles. The zero-order valence-corrected chi connectivity index (χ0v) is 13.4. The summed E-state index contributed by atoms with van der Waals surface area (Å²) in [6, 6.07) is 15.9. The topological polar surface area (TPSA) is 35.8 Å². The largest absolute Gasteiger partial charge is 0.376 e. The maximum atomic E-state index is 9.02. The number of hydrogen-bond donors (Lipinski definition) is 1. The molecule has 0 aromatic heterocycles. The molecular formula is C16H14BrClN2. The van der Waals surface area contributed by atoms with Crippen LogP contribution in [0.25, 0.3) is 0 Å². The van der Waals surface area contributed by atoms with Gasteiger partial charge in [-0.3, -0.25) is 0 Å². The van der Waals surface area contributed by atoms with E-state index in [9.17, 15) is 0 Å². The fourth-order valence-corrected chi connectivity index (χ4v) is 2.71. The minimum absolute atomic E-state index is 0.0590. The first-order valence-electron chi connectivity index (χ1n) is 6.26. The number of benzene rings is 2. The molecule has 102 valence electrons. The van der Waals surface area contributed by atoms with Gasteiger partial charge in [0, 0.05) is 9.50 Å². The van der Waals surface area contributed by atoms with E-state index in [-0.39, 0.29) is 6.04 Å². The standard InChI is InChI=1S/C16H14BrClN2/c1-11-9-13(17)16(10-14(11)18)20-15(7-8-19)12-5-3-2-4-6-12/h2-6,9-10,15,20H,7H2,1H3. The van der Waals surface area contributed by atoms with Crippen LogP contribution in [-0.4, -0.2) is 0 Å². The van der Waals surface area contributed by atoms with E-state index in [0.717, 1.165) is 21.3 Å². The summed E-state index contributed by atoms with van der Waals surface area (Å²) in [6.45, 7) is 1.96. The fraction of sp³-hybridized carbons (Fsp3) is 0.188. The predicted molar refractivity (Wildman–Crippen MR) is 86.9 cm³/mol. The molecule has 2 aromatic carbocycles. The molecule has 2 nitrogen and oxygen atoms in total. The molecule has 1 atom stereocenters. The maximum Gasteiger partial charge on any atom is 0.0647 e. The maximum absolute atomic E-state index is 9.02. The van der Waals surface area contributed by atoms with Crippen molar-refractivity contribution in [3.05, 3.63) is 63.1 Å². The second-order valence-electron chi connectivity index (χ2n) is 4.55. The fourth-order valence-electron chi connectivity index (χ4n) is 1.97. The zero-order chi connectivity index (χ0) is 14.5. The molecule has 0 aliphatic rings. The number of nitrogens with one attached hydrogen (secondary N) is 1. The van der Waals surface area contributed by atoms with E-state index in [1.807, 2.05) is 49.4 Å². The Hall–Kier alpha value is -1.50. The third kappa shape index (κ3) is 3.53. The minimum Gasteiger partial charge on any atom is -0.376 e. The Morgan fingerprint density at radius 3 is 2.65 bits per heavy atom. The number of halogens is 2. The highest BCUT2D eigenvalue weighted by atomic mass is 79.9. The van der Waals surface area contributed by atoms with Crippen molar-refractivity contribution in [2.24, 2.45) is 0 Å². The summed E-state index contributed by atoms with van der Waals surface area (Å²) in [5.74, 6) is 0. The van der Waals surface area contributed by atoms with Gasteiger partial charge in [0.05, 0.1) is 24.2 Å². The Morgan fingerprint density at radius 1 is 1.30 bits per heavy atom. The highest BCUT2D eigenvalue weighted by Crippen LogP contribution is 2.32. The highest BCUT2D eigenvalue weighted by molar-refractivity contribution is 9.10. The van der Waals surface area contributed by atoms with Gasteiger partial charge in [-0.2, -0.15) is 5.26 Å². The monoisotopic (exact) mass is 348 g/mol. The number of aryl methyl sites for hydroxylation is 1. The van der Waals surface area contributed by atoms with Gasteiger partial charge in [0.15, 0.2) is 0 Å². The molecule has 0 saturated carbocycles. The summed E-state index contributed by atoms with van der Waals surface area (Å²) in [7, 11) is 0. The van der Waals surface area contributed by atoms with Crippen molar-refractivity contribution in [3.8, 4) is 6.07 Å². The average Bonchev–Trinajstić information content (AvgIpc) is 2.45. The van der Waals surface area contributed by atoms with Crippen molar-refractivity contribution in [1.82, 2.24) is 0 Å². The van der Waals surface area contributed by atoms with Crippen LogP contribution in [0, 0.1) is 18.3 Å². The van der Waals surface area contributed by atoms with E-state index in [2.05, 4.69) is 27.3 Å². The molecule has 0 radical (unpaired) electrons. The lowest BCUT2D eigenvalue weighted by Gasteiger charge is -2.19. The second kappa shape index (κ2) is 6.78. The van der Waals surface area contributed by atoms with Crippen molar-refractivity contribution < 1.29 is 0 Å². The van der Waals surface area contributed by atoms with Crippen LogP contribution in [0.1, 0.15) is 23.6 Å². The van der Waals surface area contributed by atoms with Crippen molar-refractivity contribution in [2.45, 2.75) is 19.4 Å². The van der Waals surface area contributed by atoms with Crippen molar-refractivity contribution in [3.63, 3.8) is 0 Å². The first kappa shape index (κ1) is 14.9. The summed E-state index contributed by atoms with van der Waals surface area (Å²) in [5.41, 5.74) is 2.99. The lowest BCUT2D eigenvalue weighted by atomic mass is 10.0. The van der Waals surface area contributed by atoms with Gasteiger partial charge in [0.2, 0.25) is 0 Å². The average molecular weight is 350 g/mol. The van der Waals surface area contributed by atoms with E-state index in [1.165, 1.54) is 0 Å². The van der Waals surface area contributed by atoms with Gasteiger partial charge < -0.3 is 5.32 Å². The van der Waals surface area contributed by atoms with Crippen LogP contribution in [-0.2, 0) is 0 Å². The lowest BCUT2D eigenvalue weighted by molar-refractivity contribution is 0.805. The molecule has 0 fully saturated rings. The van der Waals surface area contributed by atoms with E-state index in [0.29, 0.717) is 11.4 Å². The summed E-state index contributed by atoms with van der Waals surface area (Å²) < 4.78 is 0.943. The summed E-state index contributed by atoms with van der Waals surface area (Å²) >= 11 is 9.70. The van der Waals surface area contributed by atoms with Crippen molar-refractivity contribution in [1.29, 1.82) is 5.26 Å². The van der Waals surface area contributed by atoms with E-state index >= 15 is 0 Å². The van der Waals surface area contributed by atoms with E-state index in [1.54, 1.807) is 0 Å². The number of nitrogens with zero attached hydrogens (tertiary/aromatic N) is 1. The molecule has 0 heterocycles. The second-order valence-corrected chi connectivity index (χ2v) is 5.81. The zero-order valence-electron chi connectivity index (χ0n) is 11.0. The van der Waals surface area contributed by atoms with E-state index in [4.69, 9.17) is 16.9 Å². The quantitative estimate of drug-likeness (QED) is 0.793. The highest BCUT2D eigenvalue weighted by Gasteiger charge is 2.13. The van der Waals surface area contributed by atoms with E-state index < -0.39 is 0 Å². The first-order chi connectivity index (χ1) is 9.61. The first-order valence-corrected chi connectivity index (χ1v) is 7.43. The molecule has 0 amide bonds. The summed E-state index contributed by atoms with van der Waals surface area (Å²) in [5, 5.41) is 13.1. The van der Waals surface area contributed by atoms with Crippen LogP contribution < -0.4 is 5.32 Å². The van der Waals surface area contributed by atoms with Crippen molar-refractivity contribution >= 4 is 33.2 Å². The molecule has 4 heteroatoms. The number of hydrogen-bond acceptors (Lipinski definition) is 2. The molecule has 20 heavy (non-hydrogen) atoms. The summed E-state index contributed by atoms with van der Waals surface area (Å²) in [4.78, 5) is 0. The minimum atomic E-state index is -0.0590. The molecule has 0 aliphatic heterocycles. The van der Waals surface area contributed by atoms with Crippen LogP contribution in [0.4, 0.5) is 5.69 Å². The molecule has 1 unspecified atom stereocenters. The Labute approximate surface area is 132 Å². The van der Waals surface area contributed by atoms with Gasteiger partial charge in [-0.05, 0) is 46.1 Å². The van der Waals surface area contributed by atoms with Crippen molar-refractivity contribution in [2.75, 3.05) is 5.32 Å². The molecule has 2 rings (SSSR count). The van der Waals surface area contributed by atoms with Gasteiger partial charge in [-0.15, -0.1) is 0 Å². The van der Waals surface area contributed by atoms with Gasteiger partial charge >= 0.3 is 0 Å². The predicted octanol–water partition coefficient (Wildman–Crippen LogP) is 5.48. The molecule has 0 bridgehead atoms. The Bertz CT molecular complexity index is 635. The molecule has 2 aromatic rings. The normalized spacial score (nSPS) is 11.7. The molecule has 0 saturated heterocycles. The number of nitriles is 1. The molecular weight excluding hydrogens is 336 g/mol. The third-order valence-corrected chi connectivity index (χ3v) is 4.14. The smallest absolute Gasteiger partial charge is 0.0647 e. The summed E-state index contributed by atoms with van der Waals surface area (Å²) in [6.07, 6.45) is 0.391. The van der Waals surface area contributed by atoms with Gasteiger partial charge in [0.1, 0.15) is 0 Å². The van der Waals surface area contributed by atoms with Crippen LogP contribution in [0.2, 0.25) is 5.02 Å². The van der Waals surface area contributed by atoms with Gasteiger partial charge in [0.25, 0.3) is 0 Å². The Balaban J connectivity index is 2.30. The van der Waals surface area contributed by atoms with Crippen LogP contribution >= 0.6 is 27.5 Å². The van der Waals surface area contributed by atoms with Gasteiger partial charge in [-0.25, -0.2) is 0 Å².